The number of imide groups is 1. The standard InChI is InChI=1S/C24H19N3O3/c1-14-11-12-17(20(28)13-14)24(22-25-18-9-5-6-10-19(18)26-22)16-8-4-3-7-15(16)21(29)27(2)23(24)30/h3-13,28H,1-2H3,(H,25,26). The number of aromatic hydroxyl groups is 1. The number of aromatic amines is 1. The molecule has 1 aliphatic rings. The van der Waals surface area contributed by atoms with Gasteiger partial charge < -0.3 is 10.1 Å². The molecule has 1 unspecified atom stereocenters. The van der Waals surface area contributed by atoms with E-state index in [1.54, 1.807) is 36.4 Å². The van der Waals surface area contributed by atoms with E-state index in [4.69, 9.17) is 4.98 Å². The van der Waals surface area contributed by atoms with Gasteiger partial charge in [0.25, 0.3) is 11.8 Å². The van der Waals surface area contributed by atoms with E-state index in [2.05, 4.69) is 4.98 Å². The summed E-state index contributed by atoms with van der Waals surface area (Å²) in [6.07, 6.45) is 0. The van der Waals surface area contributed by atoms with Crippen molar-refractivity contribution >= 4 is 22.8 Å². The number of phenolic OH excluding ortho intramolecular Hbond substituents is 1. The number of hydrogen-bond acceptors (Lipinski definition) is 4. The molecule has 3 aromatic carbocycles. The molecule has 2 N–H and O–H groups in total. The van der Waals surface area contributed by atoms with Crippen LogP contribution >= 0.6 is 0 Å². The summed E-state index contributed by atoms with van der Waals surface area (Å²) in [7, 11) is 1.46. The Bertz CT molecular complexity index is 1310. The minimum atomic E-state index is -1.49. The Hall–Kier alpha value is -3.93. The molecule has 0 saturated heterocycles. The number of imidazole rings is 1. The Morgan fingerprint density at radius 2 is 1.70 bits per heavy atom. The highest BCUT2D eigenvalue weighted by Crippen LogP contribution is 2.47. The average Bonchev–Trinajstić information content (AvgIpc) is 3.18. The van der Waals surface area contributed by atoms with Crippen molar-refractivity contribution in [3.05, 3.63) is 94.8 Å². The number of amides is 2. The number of H-pyrrole nitrogens is 1. The van der Waals surface area contributed by atoms with Gasteiger partial charge in [0.15, 0.2) is 5.41 Å². The summed E-state index contributed by atoms with van der Waals surface area (Å²) in [5, 5.41) is 10.9. The van der Waals surface area contributed by atoms with Crippen molar-refractivity contribution in [3.8, 4) is 5.75 Å². The normalized spacial score (nSPS) is 18.7. The van der Waals surface area contributed by atoms with Gasteiger partial charge in [-0.3, -0.25) is 14.5 Å². The molecule has 0 aliphatic carbocycles. The zero-order valence-corrected chi connectivity index (χ0v) is 16.5. The topological polar surface area (TPSA) is 86.3 Å². The molecule has 0 fully saturated rings. The zero-order chi connectivity index (χ0) is 21.0. The van der Waals surface area contributed by atoms with Crippen molar-refractivity contribution in [1.29, 1.82) is 0 Å². The summed E-state index contributed by atoms with van der Waals surface area (Å²) in [6.45, 7) is 1.86. The van der Waals surface area contributed by atoms with Crippen LogP contribution in [0.1, 0.15) is 32.9 Å². The molecule has 0 bridgehead atoms. The number of nitrogens with one attached hydrogen (secondary N) is 1. The van der Waals surface area contributed by atoms with Crippen molar-refractivity contribution in [3.63, 3.8) is 0 Å². The summed E-state index contributed by atoms with van der Waals surface area (Å²) in [4.78, 5) is 35.9. The number of fused-ring (bicyclic) bond motifs is 2. The fourth-order valence-electron chi connectivity index (χ4n) is 4.34. The lowest BCUT2D eigenvalue weighted by Gasteiger charge is -2.40. The first-order valence-electron chi connectivity index (χ1n) is 9.62. The summed E-state index contributed by atoms with van der Waals surface area (Å²) in [5.41, 5.74) is 2.11. The van der Waals surface area contributed by atoms with Crippen LogP contribution in [0.4, 0.5) is 0 Å². The number of nitrogens with zero attached hydrogens (tertiary/aromatic N) is 2. The fourth-order valence-corrected chi connectivity index (χ4v) is 4.34. The van der Waals surface area contributed by atoms with E-state index < -0.39 is 11.3 Å². The van der Waals surface area contributed by atoms with Gasteiger partial charge in [-0.25, -0.2) is 4.98 Å². The molecule has 148 valence electrons. The monoisotopic (exact) mass is 397 g/mol. The van der Waals surface area contributed by atoms with Crippen LogP contribution in [0, 0.1) is 6.92 Å². The number of phenols is 1. The molecule has 2 amide bonds. The number of hydrogen-bond donors (Lipinski definition) is 2. The minimum absolute atomic E-state index is 0.0265. The number of carbonyl (C=O) groups excluding carboxylic acids is 2. The molecule has 6 heteroatoms. The van der Waals surface area contributed by atoms with Gasteiger partial charge in [0.2, 0.25) is 0 Å². The molecule has 4 aromatic rings. The van der Waals surface area contributed by atoms with Gasteiger partial charge in [-0.15, -0.1) is 0 Å². The van der Waals surface area contributed by atoms with E-state index in [1.807, 2.05) is 37.3 Å². The van der Waals surface area contributed by atoms with Crippen molar-refractivity contribution in [2.75, 3.05) is 7.05 Å². The van der Waals surface area contributed by atoms with E-state index in [0.717, 1.165) is 16.0 Å². The molecule has 5 rings (SSSR count). The predicted molar refractivity (Wildman–Crippen MR) is 112 cm³/mol. The Balaban J connectivity index is 1.96. The quantitative estimate of drug-likeness (QED) is 0.507. The first-order valence-corrected chi connectivity index (χ1v) is 9.62. The summed E-state index contributed by atoms with van der Waals surface area (Å²) in [5.74, 6) is -0.514. The maximum atomic E-state index is 13.9. The van der Waals surface area contributed by atoms with Gasteiger partial charge in [0.1, 0.15) is 11.6 Å². The van der Waals surface area contributed by atoms with E-state index in [9.17, 15) is 14.7 Å². The maximum absolute atomic E-state index is 13.9. The molecule has 30 heavy (non-hydrogen) atoms. The average molecular weight is 397 g/mol. The van der Waals surface area contributed by atoms with E-state index in [1.165, 1.54) is 7.05 Å². The van der Waals surface area contributed by atoms with Crippen molar-refractivity contribution in [2.24, 2.45) is 0 Å². The lowest BCUT2D eigenvalue weighted by atomic mass is 9.68. The molecular formula is C24H19N3O3. The van der Waals surface area contributed by atoms with Crippen LogP contribution in [0.15, 0.2) is 66.7 Å². The second kappa shape index (κ2) is 6.29. The zero-order valence-electron chi connectivity index (χ0n) is 16.5. The van der Waals surface area contributed by atoms with Gasteiger partial charge in [0.05, 0.1) is 11.0 Å². The lowest BCUT2D eigenvalue weighted by molar-refractivity contribution is -0.131. The first-order chi connectivity index (χ1) is 14.4. The SMILES string of the molecule is Cc1ccc(C2(c3nc4ccccc4[nH]3)C(=O)N(C)C(=O)c3ccccc32)c(O)c1. The Kier molecular flexibility index (Phi) is 3.80. The van der Waals surface area contributed by atoms with Crippen LogP contribution in [0.25, 0.3) is 11.0 Å². The number of likely N-dealkylation sites (N-methyl/N-ethyl adjacent to an activating group) is 1. The largest absolute Gasteiger partial charge is 0.508 e. The molecule has 1 aliphatic heterocycles. The second-order valence-corrected chi connectivity index (χ2v) is 7.59. The third kappa shape index (κ3) is 2.27. The Morgan fingerprint density at radius 1 is 0.967 bits per heavy atom. The van der Waals surface area contributed by atoms with E-state index >= 15 is 0 Å². The number of aryl methyl sites for hydroxylation is 1. The third-order valence-electron chi connectivity index (χ3n) is 5.79. The van der Waals surface area contributed by atoms with Crippen molar-refractivity contribution in [2.45, 2.75) is 12.3 Å². The maximum Gasteiger partial charge on any atom is 0.260 e. The van der Waals surface area contributed by atoms with Gasteiger partial charge in [-0.05, 0) is 42.3 Å². The van der Waals surface area contributed by atoms with Crippen LogP contribution in [-0.4, -0.2) is 38.8 Å². The fraction of sp³-hybridized carbons (Fsp3) is 0.125. The van der Waals surface area contributed by atoms with Crippen molar-refractivity contribution in [1.82, 2.24) is 14.9 Å². The molecule has 1 atom stereocenters. The second-order valence-electron chi connectivity index (χ2n) is 7.59. The van der Waals surface area contributed by atoms with Crippen molar-refractivity contribution < 1.29 is 14.7 Å². The van der Waals surface area contributed by atoms with Crippen LogP contribution in [-0.2, 0) is 10.2 Å². The van der Waals surface area contributed by atoms with Crippen LogP contribution in [0.5, 0.6) is 5.75 Å². The van der Waals surface area contributed by atoms with Crippen LogP contribution in [0.2, 0.25) is 0 Å². The third-order valence-corrected chi connectivity index (χ3v) is 5.79. The molecule has 0 radical (unpaired) electrons. The summed E-state index contributed by atoms with van der Waals surface area (Å²) in [6, 6.07) is 19.7. The number of aromatic nitrogens is 2. The molecule has 0 spiro atoms. The van der Waals surface area contributed by atoms with Gasteiger partial charge in [-0.1, -0.05) is 42.5 Å². The first kappa shape index (κ1) is 18.1. The van der Waals surface area contributed by atoms with E-state index in [-0.39, 0.29) is 11.7 Å². The molecule has 2 heterocycles. The predicted octanol–water partition coefficient (Wildman–Crippen LogP) is 3.52. The molecular weight excluding hydrogens is 378 g/mol. The van der Waals surface area contributed by atoms with Gasteiger partial charge >= 0.3 is 0 Å². The highest BCUT2D eigenvalue weighted by atomic mass is 16.3. The van der Waals surface area contributed by atoms with Crippen LogP contribution in [0.3, 0.4) is 0 Å². The smallest absolute Gasteiger partial charge is 0.260 e. The number of rotatable bonds is 2. The van der Waals surface area contributed by atoms with Crippen LogP contribution < -0.4 is 0 Å². The number of carbonyl (C=O) groups is 2. The highest BCUT2D eigenvalue weighted by molar-refractivity contribution is 6.15. The summed E-state index contributed by atoms with van der Waals surface area (Å²) < 4.78 is 0. The molecule has 1 aromatic heterocycles. The minimum Gasteiger partial charge on any atom is -0.508 e. The number of para-hydroxylation sites is 2. The number of benzene rings is 3. The van der Waals surface area contributed by atoms with Gasteiger partial charge in [-0.2, -0.15) is 0 Å². The van der Waals surface area contributed by atoms with Gasteiger partial charge in [0, 0.05) is 18.2 Å². The highest BCUT2D eigenvalue weighted by Gasteiger charge is 2.55. The van der Waals surface area contributed by atoms with E-state index in [0.29, 0.717) is 28.0 Å². The Morgan fingerprint density at radius 3 is 2.47 bits per heavy atom. The lowest BCUT2D eigenvalue weighted by Crippen LogP contribution is -2.54. The Labute approximate surface area is 172 Å². The molecule has 6 nitrogen and oxygen atoms in total. The molecule has 0 saturated carbocycles. The summed E-state index contributed by atoms with van der Waals surface area (Å²) >= 11 is 0.